The molecule has 0 saturated carbocycles. The Hall–Kier alpha value is -2.50. The van der Waals surface area contributed by atoms with Crippen molar-refractivity contribution >= 4 is 11.5 Å². The lowest BCUT2D eigenvalue weighted by Gasteiger charge is -2.26. The van der Waals surface area contributed by atoms with Crippen LogP contribution < -0.4 is 4.90 Å². The standard InChI is InChI=1S/C16H14F2N4/c17-11-3-4-13(18)12(10-11)14-2-1-8-21(14)15-6-9-22-16(20-15)5-7-19-22/h3-7,9-10,14H,1-2,8H2. The minimum Gasteiger partial charge on any atom is -0.349 e. The molecule has 0 amide bonds. The third kappa shape index (κ3) is 2.11. The van der Waals surface area contributed by atoms with Crippen molar-refractivity contribution in [2.45, 2.75) is 18.9 Å². The average Bonchev–Trinajstić information content (AvgIpc) is 3.17. The maximum atomic E-state index is 14.1. The summed E-state index contributed by atoms with van der Waals surface area (Å²) in [5.74, 6) is -0.0228. The Bertz CT molecular complexity index is 830. The second kappa shape index (κ2) is 5.05. The predicted octanol–water partition coefficient (Wildman–Crippen LogP) is 3.35. The molecule has 0 N–H and O–H groups in total. The molecule has 1 unspecified atom stereocenters. The Labute approximate surface area is 126 Å². The van der Waals surface area contributed by atoms with Gasteiger partial charge < -0.3 is 4.90 Å². The zero-order valence-corrected chi connectivity index (χ0v) is 11.8. The Morgan fingerprint density at radius 3 is 2.95 bits per heavy atom. The SMILES string of the molecule is Fc1ccc(F)c(C2CCCN2c2ccn3nccc3n2)c1. The molecule has 1 atom stereocenters. The zero-order chi connectivity index (χ0) is 15.1. The monoisotopic (exact) mass is 300 g/mol. The van der Waals surface area contributed by atoms with E-state index in [-0.39, 0.29) is 11.9 Å². The quantitative estimate of drug-likeness (QED) is 0.728. The molecule has 1 aliphatic heterocycles. The molecule has 4 rings (SSSR count). The van der Waals surface area contributed by atoms with Crippen molar-refractivity contribution in [3.05, 3.63) is 59.9 Å². The van der Waals surface area contributed by atoms with Gasteiger partial charge in [0.05, 0.1) is 12.2 Å². The van der Waals surface area contributed by atoms with Crippen molar-refractivity contribution < 1.29 is 8.78 Å². The molecule has 4 nitrogen and oxygen atoms in total. The number of fused-ring (bicyclic) bond motifs is 1. The zero-order valence-electron chi connectivity index (χ0n) is 11.8. The molecule has 3 heterocycles. The summed E-state index contributed by atoms with van der Waals surface area (Å²) >= 11 is 0. The number of rotatable bonds is 2. The molecule has 1 saturated heterocycles. The third-order valence-electron chi connectivity index (χ3n) is 4.11. The van der Waals surface area contributed by atoms with Crippen molar-refractivity contribution in [1.29, 1.82) is 0 Å². The predicted molar refractivity (Wildman–Crippen MR) is 78.7 cm³/mol. The van der Waals surface area contributed by atoms with Crippen LogP contribution in [-0.2, 0) is 0 Å². The van der Waals surface area contributed by atoms with Gasteiger partial charge in [0, 0.05) is 24.4 Å². The highest BCUT2D eigenvalue weighted by molar-refractivity contribution is 5.50. The van der Waals surface area contributed by atoms with E-state index in [1.807, 2.05) is 23.2 Å². The minimum atomic E-state index is -0.414. The van der Waals surface area contributed by atoms with Crippen LogP contribution >= 0.6 is 0 Å². The summed E-state index contributed by atoms with van der Waals surface area (Å²) in [7, 11) is 0. The van der Waals surface area contributed by atoms with Gasteiger partial charge in [0.15, 0.2) is 5.65 Å². The Morgan fingerprint density at radius 2 is 2.05 bits per heavy atom. The molecular weight excluding hydrogens is 286 g/mol. The summed E-state index contributed by atoms with van der Waals surface area (Å²) < 4.78 is 29.2. The van der Waals surface area contributed by atoms with Gasteiger partial charge in [-0.1, -0.05) is 0 Å². The molecule has 3 aromatic rings. The number of anilines is 1. The molecule has 1 fully saturated rings. The van der Waals surface area contributed by atoms with Crippen LogP contribution in [0.5, 0.6) is 0 Å². The highest BCUT2D eigenvalue weighted by Gasteiger charge is 2.29. The van der Waals surface area contributed by atoms with Crippen LogP contribution in [0.3, 0.4) is 0 Å². The summed E-state index contributed by atoms with van der Waals surface area (Å²) in [4.78, 5) is 6.59. The Kier molecular flexibility index (Phi) is 3.03. The molecular formula is C16H14F2N4. The van der Waals surface area contributed by atoms with Crippen LogP contribution in [0.4, 0.5) is 14.6 Å². The molecule has 1 aliphatic rings. The largest absolute Gasteiger partial charge is 0.349 e. The normalized spacial score (nSPS) is 18.3. The highest BCUT2D eigenvalue weighted by atomic mass is 19.1. The molecule has 6 heteroatoms. The topological polar surface area (TPSA) is 33.4 Å². The van der Waals surface area contributed by atoms with E-state index < -0.39 is 5.82 Å². The van der Waals surface area contributed by atoms with Crippen LogP contribution in [-0.4, -0.2) is 21.1 Å². The van der Waals surface area contributed by atoms with E-state index in [1.165, 1.54) is 12.1 Å². The molecule has 0 radical (unpaired) electrons. The van der Waals surface area contributed by atoms with Crippen LogP contribution in [0.1, 0.15) is 24.4 Å². The highest BCUT2D eigenvalue weighted by Crippen LogP contribution is 2.36. The lowest BCUT2D eigenvalue weighted by molar-refractivity contribution is 0.560. The van der Waals surface area contributed by atoms with Crippen molar-refractivity contribution in [3.8, 4) is 0 Å². The van der Waals surface area contributed by atoms with E-state index in [2.05, 4.69) is 10.1 Å². The van der Waals surface area contributed by atoms with E-state index in [0.29, 0.717) is 5.56 Å². The van der Waals surface area contributed by atoms with E-state index in [0.717, 1.165) is 36.9 Å². The average molecular weight is 300 g/mol. The van der Waals surface area contributed by atoms with Crippen LogP contribution in [0.2, 0.25) is 0 Å². The van der Waals surface area contributed by atoms with Crippen LogP contribution in [0.15, 0.2) is 42.7 Å². The van der Waals surface area contributed by atoms with Crippen molar-refractivity contribution in [2.24, 2.45) is 0 Å². The second-order valence-electron chi connectivity index (χ2n) is 5.44. The Balaban J connectivity index is 1.75. The van der Waals surface area contributed by atoms with E-state index in [9.17, 15) is 8.78 Å². The number of aromatic nitrogens is 3. The van der Waals surface area contributed by atoms with Gasteiger partial charge in [0.1, 0.15) is 17.5 Å². The molecule has 22 heavy (non-hydrogen) atoms. The van der Waals surface area contributed by atoms with Crippen molar-refractivity contribution in [2.75, 3.05) is 11.4 Å². The molecule has 0 bridgehead atoms. The summed E-state index contributed by atoms with van der Waals surface area (Å²) in [6, 6.07) is 7.11. The van der Waals surface area contributed by atoms with Gasteiger partial charge in [-0.25, -0.2) is 18.3 Å². The van der Waals surface area contributed by atoms with Gasteiger partial charge in [0.2, 0.25) is 0 Å². The maximum Gasteiger partial charge on any atom is 0.157 e. The minimum absolute atomic E-state index is 0.187. The van der Waals surface area contributed by atoms with Gasteiger partial charge in [0.25, 0.3) is 0 Å². The first kappa shape index (κ1) is 13.2. The lowest BCUT2D eigenvalue weighted by atomic mass is 10.0. The summed E-state index contributed by atoms with van der Waals surface area (Å²) in [5, 5.41) is 4.12. The fourth-order valence-electron chi connectivity index (χ4n) is 3.10. The number of halogens is 2. The summed E-state index contributed by atoms with van der Waals surface area (Å²) in [6.45, 7) is 0.776. The molecule has 0 spiro atoms. The van der Waals surface area contributed by atoms with E-state index in [1.54, 1.807) is 10.7 Å². The number of benzene rings is 1. The van der Waals surface area contributed by atoms with Gasteiger partial charge in [-0.3, -0.25) is 0 Å². The fraction of sp³-hybridized carbons (Fsp3) is 0.250. The van der Waals surface area contributed by atoms with Gasteiger partial charge in [-0.05, 0) is 37.1 Å². The lowest BCUT2D eigenvalue weighted by Crippen LogP contribution is -2.24. The second-order valence-corrected chi connectivity index (χ2v) is 5.44. The molecule has 0 aliphatic carbocycles. The fourth-order valence-corrected chi connectivity index (χ4v) is 3.10. The Morgan fingerprint density at radius 1 is 1.14 bits per heavy atom. The van der Waals surface area contributed by atoms with Crippen molar-refractivity contribution in [1.82, 2.24) is 14.6 Å². The first-order valence-electron chi connectivity index (χ1n) is 7.24. The van der Waals surface area contributed by atoms with Gasteiger partial charge in [-0.15, -0.1) is 0 Å². The maximum absolute atomic E-state index is 14.1. The first-order valence-corrected chi connectivity index (χ1v) is 7.24. The molecule has 1 aromatic carbocycles. The number of hydrogen-bond acceptors (Lipinski definition) is 3. The smallest absolute Gasteiger partial charge is 0.157 e. The molecule has 112 valence electrons. The number of hydrogen-bond donors (Lipinski definition) is 0. The van der Waals surface area contributed by atoms with Gasteiger partial charge in [-0.2, -0.15) is 5.10 Å². The van der Waals surface area contributed by atoms with Crippen LogP contribution in [0.25, 0.3) is 5.65 Å². The van der Waals surface area contributed by atoms with E-state index >= 15 is 0 Å². The third-order valence-corrected chi connectivity index (χ3v) is 4.11. The summed E-state index contributed by atoms with van der Waals surface area (Å²) in [5.41, 5.74) is 1.13. The van der Waals surface area contributed by atoms with E-state index in [4.69, 9.17) is 0 Å². The van der Waals surface area contributed by atoms with Crippen molar-refractivity contribution in [3.63, 3.8) is 0 Å². The number of nitrogens with zero attached hydrogens (tertiary/aromatic N) is 4. The first-order chi connectivity index (χ1) is 10.7. The summed E-state index contributed by atoms with van der Waals surface area (Å²) in [6.07, 6.45) is 5.22. The van der Waals surface area contributed by atoms with Gasteiger partial charge >= 0.3 is 0 Å². The molecule has 2 aromatic heterocycles. The van der Waals surface area contributed by atoms with Crippen LogP contribution in [0, 0.1) is 11.6 Å².